The van der Waals surface area contributed by atoms with E-state index in [-0.39, 0.29) is 0 Å². The Morgan fingerprint density at radius 1 is 1.04 bits per heavy atom. The molecule has 0 aliphatic heterocycles. The number of aromatic nitrogens is 1. The van der Waals surface area contributed by atoms with Gasteiger partial charge in [-0.25, -0.2) is 0 Å². The first kappa shape index (κ1) is 16.3. The summed E-state index contributed by atoms with van der Waals surface area (Å²) in [5.41, 5.74) is 5.39. The van der Waals surface area contributed by atoms with Gasteiger partial charge in [0.2, 0.25) is 0 Å². The number of aryl methyl sites for hydroxylation is 1. The van der Waals surface area contributed by atoms with E-state index >= 15 is 0 Å². The molecule has 1 aliphatic carbocycles. The minimum Gasteiger partial charge on any atom is -0.487 e. The van der Waals surface area contributed by atoms with E-state index in [2.05, 4.69) is 60.0 Å². The highest BCUT2D eigenvalue weighted by molar-refractivity contribution is 5.64. The molecule has 0 saturated heterocycles. The summed E-state index contributed by atoms with van der Waals surface area (Å²) >= 11 is 0. The zero-order chi connectivity index (χ0) is 17.1. The van der Waals surface area contributed by atoms with Gasteiger partial charge < -0.3 is 9.14 Å². The van der Waals surface area contributed by atoms with Crippen molar-refractivity contribution in [3.8, 4) is 5.75 Å². The van der Waals surface area contributed by atoms with E-state index in [1.54, 1.807) is 0 Å². The van der Waals surface area contributed by atoms with Gasteiger partial charge in [0.05, 0.1) is 5.52 Å². The first-order valence-electron chi connectivity index (χ1n) is 9.63. The summed E-state index contributed by atoms with van der Waals surface area (Å²) in [7, 11) is 0. The van der Waals surface area contributed by atoms with Crippen LogP contribution in [-0.4, -0.2) is 4.40 Å². The topological polar surface area (TPSA) is 13.6 Å². The molecule has 0 bridgehead atoms. The first-order valence-corrected chi connectivity index (χ1v) is 9.63. The average Bonchev–Trinajstić information content (AvgIpc) is 3.29. The number of ether oxygens (including phenoxy) is 1. The van der Waals surface area contributed by atoms with E-state index in [9.17, 15) is 0 Å². The van der Waals surface area contributed by atoms with Gasteiger partial charge in [-0.3, -0.25) is 0 Å². The van der Waals surface area contributed by atoms with Crippen molar-refractivity contribution in [2.45, 2.75) is 52.1 Å². The third kappa shape index (κ3) is 3.44. The van der Waals surface area contributed by atoms with E-state index in [1.807, 2.05) is 6.07 Å². The molecule has 4 rings (SSSR count). The lowest BCUT2D eigenvalue weighted by molar-refractivity contribution is 0.308. The summed E-state index contributed by atoms with van der Waals surface area (Å²) in [5, 5.41) is 0. The second-order valence-electron chi connectivity index (χ2n) is 7.23. The number of hydrogen-bond acceptors (Lipinski definition) is 1. The number of benzene rings is 1. The minimum atomic E-state index is 0.616. The smallest absolute Gasteiger partial charge is 0.143 e. The lowest BCUT2D eigenvalue weighted by Gasteiger charge is -2.13. The van der Waals surface area contributed by atoms with Crippen LogP contribution in [0.25, 0.3) is 5.52 Å². The van der Waals surface area contributed by atoms with E-state index in [0.717, 1.165) is 18.1 Å². The highest BCUT2D eigenvalue weighted by atomic mass is 16.5. The fraction of sp³-hybridized carbons (Fsp3) is 0.391. The maximum atomic E-state index is 6.17. The second-order valence-corrected chi connectivity index (χ2v) is 7.23. The molecule has 0 radical (unpaired) electrons. The van der Waals surface area contributed by atoms with Gasteiger partial charge in [0.1, 0.15) is 12.4 Å². The molecule has 2 heterocycles. The molecule has 2 aromatic heterocycles. The summed E-state index contributed by atoms with van der Waals surface area (Å²) in [4.78, 5) is 0. The Hall–Kier alpha value is -2.22. The van der Waals surface area contributed by atoms with Gasteiger partial charge in [0, 0.05) is 11.9 Å². The Bertz CT molecular complexity index is 828. The van der Waals surface area contributed by atoms with E-state index in [4.69, 9.17) is 4.74 Å². The van der Waals surface area contributed by atoms with Crippen molar-refractivity contribution in [3.05, 3.63) is 71.5 Å². The predicted molar refractivity (Wildman–Crippen MR) is 103 cm³/mol. The van der Waals surface area contributed by atoms with Crippen LogP contribution in [0.4, 0.5) is 0 Å². The lowest BCUT2D eigenvalue weighted by Crippen LogP contribution is -2.05. The monoisotopic (exact) mass is 333 g/mol. The fourth-order valence-electron chi connectivity index (χ4n) is 4.16. The molecule has 1 saturated carbocycles. The summed E-state index contributed by atoms with van der Waals surface area (Å²) in [6, 6.07) is 16.9. The first-order chi connectivity index (χ1) is 12.3. The molecule has 1 aliphatic rings. The normalized spacial score (nSPS) is 15.1. The van der Waals surface area contributed by atoms with Crippen LogP contribution in [0.5, 0.6) is 5.75 Å². The van der Waals surface area contributed by atoms with Gasteiger partial charge in [-0.1, -0.05) is 62.9 Å². The van der Waals surface area contributed by atoms with Crippen LogP contribution in [0, 0.1) is 5.92 Å². The molecule has 3 aromatic rings. The largest absolute Gasteiger partial charge is 0.487 e. The molecule has 1 fully saturated rings. The molecule has 2 heteroatoms. The van der Waals surface area contributed by atoms with Gasteiger partial charge in [-0.15, -0.1) is 0 Å². The van der Waals surface area contributed by atoms with Crippen molar-refractivity contribution < 1.29 is 4.74 Å². The molecule has 1 aromatic carbocycles. The molecular formula is C23H27NO. The maximum absolute atomic E-state index is 6.17. The SMILES string of the molecule is CCc1cc2c(OCc3ccccc3)cccn2c1CC1CCCC1. The Kier molecular flexibility index (Phi) is 4.78. The Morgan fingerprint density at radius 2 is 1.84 bits per heavy atom. The molecule has 0 unspecified atom stereocenters. The number of pyridine rings is 1. The quantitative estimate of drug-likeness (QED) is 0.555. The molecule has 0 atom stereocenters. The van der Waals surface area contributed by atoms with Gasteiger partial charge in [-0.2, -0.15) is 0 Å². The average molecular weight is 333 g/mol. The van der Waals surface area contributed by atoms with Crippen molar-refractivity contribution in [1.29, 1.82) is 0 Å². The Labute approximate surface area is 150 Å². The standard InChI is InChI=1S/C23H27NO/c1-2-20-16-22-23(25-17-19-11-4-3-5-12-19)13-8-14-24(22)21(20)15-18-9-6-7-10-18/h3-5,8,11-14,16,18H,2,6-7,9-10,15,17H2,1H3. The second kappa shape index (κ2) is 7.35. The molecule has 25 heavy (non-hydrogen) atoms. The van der Waals surface area contributed by atoms with Gasteiger partial charge >= 0.3 is 0 Å². The Balaban J connectivity index is 1.63. The van der Waals surface area contributed by atoms with Crippen LogP contribution in [0.3, 0.4) is 0 Å². The van der Waals surface area contributed by atoms with Crippen molar-refractivity contribution in [2.24, 2.45) is 5.92 Å². The number of nitrogens with zero attached hydrogens (tertiary/aromatic N) is 1. The third-order valence-electron chi connectivity index (χ3n) is 5.54. The summed E-state index contributed by atoms with van der Waals surface area (Å²) in [5.74, 6) is 1.84. The third-order valence-corrected chi connectivity index (χ3v) is 5.54. The van der Waals surface area contributed by atoms with Crippen LogP contribution in [0.2, 0.25) is 0 Å². The van der Waals surface area contributed by atoms with Crippen LogP contribution in [0.15, 0.2) is 54.7 Å². The summed E-state index contributed by atoms with van der Waals surface area (Å²) in [6.07, 6.45) is 10.1. The zero-order valence-electron chi connectivity index (χ0n) is 15.1. The fourth-order valence-corrected chi connectivity index (χ4v) is 4.16. The highest BCUT2D eigenvalue weighted by Gasteiger charge is 2.20. The lowest BCUT2D eigenvalue weighted by atomic mass is 9.99. The molecule has 0 amide bonds. The Morgan fingerprint density at radius 3 is 2.60 bits per heavy atom. The van der Waals surface area contributed by atoms with E-state index < -0.39 is 0 Å². The van der Waals surface area contributed by atoms with E-state index in [1.165, 1.54) is 54.4 Å². The van der Waals surface area contributed by atoms with E-state index in [0.29, 0.717) is 6.61 Å². The van der Waals surface area contributed by atoms with Crippen molar-refractivity contribution in [1.82, 2.24) is 4.40 Å². The highest BCUT2D eigenvalue weighted by Crippen LogP contribution is 2.32. The van der Waals surface area contributed by atoms with Gasteiger partial charge in [0.15, 0.2) is 0 Å². The van der Waals surface area contributed by atoms with Crippen molar-refractivity contribution in [2.75, 3.05) is 0 Å². The minimum absolute atomic E-state index is 0.616. The van der Waals surface area contributed by atoms with Crippen LogP contribution < -0.4 is 4.74 Å². The summed E-state index contributed by atoms with van der Waals surface area (Å²) < 4.78 is 8.54. The van der Waals surface area contributed by atoms with Gasteiger partial charge in [-0.05, 0) is 48.1 Å². The van der Waals surface area contributed by atoms with Crippen molar-refractivity contribution >= 4 is 5.52 Å². The van der Waals surface area contributed by atoms with Crippen LogP contribution in [-0.2, 0) is 19.4 Å². The maximum Gasteiger partial charge on any atom is 0.143 e. The molecular weight excluding hydrogens is 306 g/mol. The van der Waals surface area contributed by atoms with Gasteiger partial charge in [0.25, 0.3) is 0 Å². The molecule has 2 nitrogen and oxygen atoms in total. The van der Waals surface area contributed by atoms with Crippen molar-refractivity contribution in [3.63, 3.8) is 0 Å². The number of rotatable bonds is 6. The molecule has 130 valence electrons. The zero-order valence-corrected chi connectivity index (χ0v) is 15.1. The number of hydrogen-bond donors (Lipinski definition) is 0. The number of fused-ring (bicyclic) bond motifs is 1. The predicted octanol–water partition coefficient (Wildman–Crippen LogP) is 5.81. The summed E-state index contributed by atoms with van der Waals surface area (Å²) in [6.45, 7) is 2.88. The molecule has 0 spiro atoms. The molecule has 0 N–H and O–H groups in total. The van der Waals surface area contributed by atoms with Crippen LogP contribution >= 0.6 is 0 Å². The van der Waals surface area contributed by atoms with Crippen LogP contribution in [0.1, 0.15) is 49.4 Å².